The average molecular weight is 271 g/mol. The maximum absolute atomic E-state index is 14.3. The van der Waals surface area contributed by atoms with Crippen LogP contribution in [0, 0.1) is 5.92 Å². The van der Waals surface area contributed by atoms with Crippen LogP contribution in [0.2, 0.25) is 0 Å². The summed E-state index contributed by atoms with van der Waals surface area (Å²) >= 11 is 0. The molecule has 108 valence electrons. The molecule has 1 saturated carbocycles. The van der Waals surface area contributed by atoms with Gasteiger partial charge in [0.25, 0.3) is 5.91 Å². The molecule has 1 aliphatic carbocycles. The number of alkyl halides is 1. The molecule has 19 heavy (non-hydrogen) atoms. The molecule has 1 atom stereocenters. The van der Waals surface area contributed by atoms with Gasteiger partial charge in [0, 0.05) is 12.6 Å². The highest BCUT2D eigenvalue weighted by Gasteiger charge is 2.36. The number of methoxy groups -OCH3 is 1. The van der Waals surface area contributed by atoms with Crippen molar-refractivity contribution in [2.24, 2.45) is 5.92 Å². The molecule has 1 aliphatic rings. The zero-order valence-electron chi connectivity index (χ0n) is 11.6. The molecule has 1 rings (SSSR count). The summed E-state index contributed by atoms with van der Waals surface area (Å²) < 4.78 is 18.7. The third-order valence-electron chi connectivity index (χ3n) is 3.46. The van der Waals surface area contributed by atoms with Crippen LogP contribution in [0.4, 0.5) is 4.39 Å². The van der Waals surface area contributed by atoms with Crippen molar-refractivity contribution in [2.75, 3.05) is 13.7 Å². The predicted molar refractivity (Wildman–Crippen MR) is 70.3 cm³/mol. The van der Waals surface area contributed by atoms with Crippen LogP contribution in [0.15, 0.2) is 12.2 Å². The summed E-state index contributed by atoms with van der Waals surface area (Å²) in [6.45, 7) is 1.45. The van der Waals surface area contributed by atoms with Crippen molar-refractivity contribution in [3.8, 4) is 0 Å². The summed E-state index contributed by atoms with van der Waals surface area (Å²) in [6, 6.07) is 0. The minimum absolute atomic E-state index is 0.123. The van der Waals surface area contributed by atoms with Crippen molar-refractivity contribution in [3.63, 3.8) is 0 Å². The average Bonchev–Trinajstić information content (AvgIpc) is 2.85. The summed E-state index contributed by atoms with van der Waals surface area (Å²) in [5, 5.41) is 2.47. The third kappa shape index (κ3) is 5.41. The quantitative estimate of drug-likeness (QED) is 0.595. The summed E-state index contributed by atoms with van der Waals surface area (Å²) in [5.41, 5.74) is -1.84. The Morgan fingerprint density at radius 2 is 2.05 bits per heavy atom. The molecule has 0 aliphatic heterocycles. The van der Waals surface area contributed by atoms with E-state index in [2.05, 4.69) is 10.1 Å². The summed E-state index contributed by atoms with van der Waals surface area (Å²) in [4.78, 5) is 22.5. The van der Waals surface area contributed by atoms with E-state index in [0.29, 0.717) is 5.92 Å². The van der Waals surface area contributed by atoms with E-state index < -0.39 is 17.5 Å². The SMILES string of the molecule is COC(=O)/C=C/CNC(=O)C(C)(F)CC1CCCC1. The number of nitrogens with one attached hydrogen (secondary N) is 1. The van der Waals surface area contributed by atoms with E-state index in [1.165, 1.54) is 26.2 Å². The number of esters is 1. The number of rotatable bonds is 6. The van der Waals surface area contributed by atoms with Gasteiger partial charge in [-0.1, -0.05) is 31.8 Å². The molecule has 4 nitrogen and oxygen atoms in total. The molecule has 0 radical (unpaired) electrons. The van der Waals surface area contributed by atoms with Gasteiger partial charge in [-0.15, -0.1) is 0 Å². The van der Waals surface area contributed by atoms with E-state index in [9.17, 15) is 14.0 Å². The lowest BCUT2D eigenvalue weighted by Crippen LogP contribution is -2.42. The molecule has 0 heterocycles. The molecule has 1 N–H and O–H groups in total. The molecular weight excluding hydrogens is 249 g/mol. The second-order valence-electron chi connectivity index (χ2n) is 5.19. The van der Waals surface area contributed by atoms with Crippen molar-refractivity contribution >= 4 is 11.9 Å². The standard InChI is InChI=1S/C14H22FNO3/c1-14(15,10-11-6-3-4-7-11)13(18)16-9-5-8-12(17)19-2/h5,8,11H,3-4,6-7,9-10H2,1-2H3,(H,16,18)/b8-5+. The van der Waals surface area contributed by atoms with Gasteiger partial charge in [-0.2, -0.15) is 0 Å². The van der Waals surface area contributed by atoms with Gasteiger partial charge in [0.05, 0.1) is 7.11 Å². The lowest BCUT2D eigenvalue weighted by molar-refractivity contribution is -0.135. The van der Waals surface area contributed by atoms with Crippen LogP contribution in [-0.4, -0.2) is 31.2 Å². The molecule has 5 heteroatoms. The van der Waals surface area contributed by atoms with E-state index in [1.807, 2.05) is 0 Å². The van der Waals surface area contributed by atoms with E-state index in [-0.39, 0.29) is 13.0 Å². The molecule has 0 aromatic carbocycles. The Morgan fingerprint density at radius 3 is 2.63 bits per heavy atom. The summed E-state index contributed by atoms with van der Waals surface area (Å²) in [7, 11) is 1.27. The zero-order chi connectivity index (χ0) is 14.3. The van der Waals surface area contributed by atoms with Gasteiger partial charge >= 0.3 is 5.97 Å². The number of amides is 1. The molecule has 0 saturated heterocycles. The molecular formula is C14H22FNO3. The summed E-state index contributed by atoms with van der Waals surface area (Å²) in [5.74, 6) is -0.802. The van der Waals surface area contributed by atoms with Gasteiger partial charge in [0.2, 0.25) is 0 Å². The van der Waals surface area contributed by atoms with Crippen LogP contribution >= 0.6 is 0 Å². The van der Waals surface area contributed by atoms with Crippen molar-refractivity contribution in [1.29, 1.82) is 0 Å². The van der Waals surface area contributed by atoms with Crippen molar-refractivity contribution in [2.45, 2.75) is 44.7 Å². The van der Waals surface area contributed by atoms with Crippen molar-refractivity contribution in [3.05, 3.63) is 12.2 Å². The Labute approximate surface area is 113 Å². The number of halogens is 1. The maximum Gasteiger partial charge on any atom is 0.330 e. The van der Waals surface area contributed by atoms with E-state index in [0.717, 1.165) is 25.7 Å². The van der Waals surface area contributed by atoms with Crippen LogP contribution in [0.1, 0.15) is 39.0 Å². The van der Waals surface area contributed by atoms with Gasteiger partial charge in [-0.25, -0.2) is 9.18 Å². The van der Waals surface area contributed by atoms with Crippen LogP contribution in [0.25, 0.3) is 0 Å². The fourth-order valence-corrected chi connectivity index (χ4v) is 2.41. The highest BCUT2D eigenvalue weighted by atomic mass is 19.1. The van der Waals surface area contributed by atoms with Crippen LogP contribution in [0.5, 0.6) is 0 Å². The molecule has 1 fully saturated rings. The van der Waals surface area contributed by atoms with Crippen molar-refractivity contribution < 1.29 is 18.7 Å². The Bertz CT molecular complexity index is 347. The largest absolute Gasteiger partial charge is 0.466 e. The first kappa shape index (κ1) is 15.7. The number of ether oxygens (including phenoxy) is 1. The molecule has 1 unspecified atom stereocenters. The van der Waals surface area contributed by atoms with Gasteiger partial charge in [-0.05, 0) is 19.3 Å². The fourth-order valence-electron chi connectivity index (χ4n) is 2.41. The lowest BCUT2D eigenvalue weighted by Gasteiger charge is -2.22. The first-order valence-electron chi connectivity index (χ1n) is 6.67. The third-order valence-corrected chi connectivity index (χ3v) is 3.46. The first-order chi connectivity index (χ1) is 8.95. The molecule has 0 aromatic rings. The van der Waals surface area contributed by atoms with Gasteiger partial charge in [-0.3, -0.25) is 4.79 Å². The Morgan fingerprint density at radius 1 is 1.42 bits per heavy atom. The molecule has 0 aromatic heterocycles. The van der Waals surface area contributed by atoms with Gasteiger partial charge < -0.3 is 10.1 Å². The Hall–Kier alpha value is -1.39. The normalized spacial score (nSPS) is 19.3. The summed E-state index contributed by atoms with van der Waals surface area (Å²) in [6.07, 6.45) is 7.19. The Kier molecular flexibility index (Phi) is 5.99. The first-order valence-corrected chi connectivity index (χ1v) is 6.67. The van der Waals surface area contributed by atoms with Crippen LogP contribution in [-0.2, 0) is 14.3 Å². The zero-order valence-corrected chi connectivity index (χ0v) is 11.6. The number of carbonyl (C=O) groups excluding carboxylic acids is 2. The van der Waals surface area contributed by atoms with Gasteiger partial charge in [0.15, 0.2) is 5.67 Å². The minimum Gasteiger partial charge on any atom is -0.466 e. The minimum atomic E-state index is -1.84. The number of carbonyl (C=O) groups is 2. The molecule has 0 bridgehead atoms. The van der Waals surface area contributed by atoms with Gasteiger partial charge in [0.1, 0.15) is 0 Å². The molecule has 0 spiro atoms. The highest BCUT2D eigenvalue weighted by Crippen LogP contribution is 2.33. The van der Waals surface area contributed by atoms with E-state index in [1.54, 1.807) is 0 Å². The fraction of sp³-hybridized carbons (Fsp3) is 0.714. The van der Waals surface area contributed by atoms with Crippen LogP contribution in [0.3, 0.4) is 0 Å². The maximum atomic E-state index is 14.3. The van der Waals surface area contributed by atoms with E-state index >= 15 is 0 Å². The monoisotopic (exact) mass is 271 g/mol. The lowest BCUT2D eigenvalue weighted by atomic mass is 9.91. The van der Waals surface area contributed by atoms with E-state index in [4.69, 9.17) is 0 Å². The predicted octanol–water partition coefficient (Wildman–Crippen LogP) is 2.14. The second kappa shape index (κ2) is 7.26. The highest BCUT2D eigenvalue weighted by molar-refractivity contribution is 5.85. The number of hydrogen-bond acceptors (Lipinski definition) is 3. The van der Waals surface area contributed by atoms with Crippen LogP contribution < -0.4 is 5.32 Å². The van der Waals surface area contributed by atoms with Crippen molar-refractivity contribution in [1.82, 2.24) is 5.32 Å². The number of hydrogen-bond donors (Lipinski definition) is 1. The Balaban J connectivity index is 2.34. The smallest absolute Gasteiger partial charge is 0.330 e. The second-order valence-corrected chi connectivity index (χ2v) is 5.19. The molecule has 1 amide bonds. The topological polar surface area (TPSA) is 55.4 Å².